The second kappa shape index (κ2) is 8.85. The second-order valence-corrected chi connectivity index (χ2v) is 6.07. The fourth-order valence-electron chi connectivity index (χ4n) is 2.63. The van der Waals surface area contributed by atoms with E-state index in [1.54, 1.807) is 20.3 Å². The summed E-state index contributed by atoms with van der Waals surface area (Å²) in [6.07, 6.45) is 0. The molecule has 0 radical (unpaired) electrons. The van der Waals surface area contributed by atoms with Crippen molar-refractivity contribution in [3.8, 4) is 22.8 Å². The first-order chi connectivity index (χ1) is 13.6. The highest BCUT2D eigenvalue weighted by Crippen LogP contribution is 2.21. The highest BCUT2D eigenvalue weighted by atomic mass is 16.5. The van der Waals surface area contributed by atoms with Crippen LogP contribution in [0.5, 0.6) is 11.5 Å². The number of nitrogens with one attached hydrogen (secondary N) is 1. The number of carbonyl (C=O) groups excluding carboxylic acids is 1. The topological polar surface area (TPSA) is 82.4 Å². The van der Waals surface area contributed by atoms with Crippen LogP contribution < -0.4 is 20.3 Å². The van der Waals surface area contributed by atoms with Crippen LogP contribution in [-0.4, -0.2) is 29.9 Å². The molecule has 7 heteroatoms. The Morgan fingerprint density at radius 1 is 1.00 bits per heavy atom. The number of hydrogen-bond acceptors (Lipinski definition) is 5. The fourth-order valence-corrected chi connectivity index (χ4v) is 2.63. The quantitative estimate of drug-likeness (QED) is 0.681. The molecule has 7 nitrogen and oxygen atoms in total. The first-order valence-electron chi connectivity index (χ1n) is 8.71. The first-order valence-corrected chi connectivity index (χ1v) is 8.71. The highest BCUT2D eigenvalue weighted by Gasteiger charge is 2.09. The zero-order chi connectivity index (χ0) is 19.9. The van der Waals surface area contributed by atoms with Gasteiger partial charge in [-0.1, -0.05) is 24.3 Å². The summed E-state index contributed by atoms with van der Waals surface area (Å²) in [5.74, 6) is 1.14. The second-order valence-electron chi connectivity index (χ2n) is 6.07. The van der Waals surface area contributed by atoms with E-state index in [9.17, 15) is 9.59 Å². The van der Waals surface area contributed by atoms with Gasteiger partial charge in [-0.15, -0.1) is 0 Å². The van der Waals surface area contributed by atoms with Crippen molar-refractivity contribution in [1.82, 2.24) is 15.1 Å². The van der Waals surface area contributed by atoms with E-state index >= 15 is 0 Å². The molecule has 28 heavy (non-hydrogen) atoms. The lowest BCUT2D eigenvalue weighted by atomic mass is 10.1. The fraction of sp³-hybridized carbons (Fsp3) is 0.190. The Morgan fingerprint density at radius 3 is 2.46 bits per heavy atom. The summed E-state index contributed by atoms with van der Waals surface area (Å²) in [6, 6.07) is 17.8. The van der Waals surface area contributed by atoms with Gasteiger partial charge in [-0.2, -0.15) is 5.10 Å². The predicted octanol–water partition coefficient (Wildman–Crippen LogP) is 2.24. The zero-order valence-electron chi connectivity index (χ0n) is 15.7. The lowest BCUT2D eigenvalue weighted by Crippen LogP contribution is -2.33. The minimum atomic E-state index is -0.341. The van der Waals surface area contributed by atoms with Crippen LogP contribution in [0.15, 0.2) is 65.5 Å². The van der Waals surface area contributed by atoms with E-state index in [1.807, 2.05) is 48.5 Å². The van der Waals surface area contributed by atoms with E-state index in [4.69, 9.17) is 9.47 Å². The van der Waals surface area contributed by atoms with Crippen molar-refractivity contribution in [3.05, 3.63) is 76.6 Å². The molecular formula is C21H21N3O4. The van der Waals surface area contributed by atoms with Crippen LogP contribution in [0.2, 0.25) is 0 Å². The van der Waals surface area contributed by atoms with Gasteiger partial charge in [0.05, 0.1) is 19.9 Å². The van der Waals surface area contributed by atoms with E-state index in [0.29, 0.717) is 18.0 Å². The summed E-state index contributed by atoms with van der Waals surface area (Å²) in [5, 5.41) is 7.10. The predicted molar refractivity (Wildman–Crippen MR) is 105 cm³/mol. The average Bonchev–Trinajstić information content (AvgIpc) is 2.74. The van der Waals surface area contributed by atoms with Crippen molar-refractivity contribution in [2.45, 2.75) is 13.1 Å². The molecule has 0 saturated heterocycles. The van der Waals surface area contributed by atoms with Crippen molar-refractivity contribution in [1.29, 1.82) is 0 Å². The molecule has 2 aromatic carbocycles. The Kier molecular flexibility index (Phi) is 6.06. The maximum atomic E-state index is 12.3. The van der Waals surface area contributed by atoms with Gasteiger partial charge < -0.3 is 14.8 Å². The summed E-state index contributed by atoms with van der Waals surface area (Å²) in [5.41, 5.74) is 1.97. The molecular weight excluding hydrogens is 358 g/mol. The number of rotatable bonds is 7. The normalized spacial score (nSPS) is 10.4. The lowest BCUT2D eigenvalue weighted by molar-refractivity contribution is -0.122. The third-order valence-corrected chi connectivity index (χ3v) is 4.17. The lowest BCUT2D eigenvalue weighted by Gasteiger charge is -2.09. The molecule has 0 aliphatic carbocycles. The smallest absolute Gasteiger partial charge is 0.267 e. The zero-order valence-corrected chi connectivity index (χ0v) is 15.7. The molecule has 0 saturated carbocycles. The molecule has 144 valence electrons. The van der Waals surface area contributed by atoms with Gasteiger partial charge in [0.25, 0.3) is 5.56 Å². The maximum Gasteiger partial charge on any atom is 0.267 e. The SMILES string of the molecule is COc1ccc(CNC(=O)Cn2nc(-c3cccc(OC)c3)ccc2=O)cc1. The highest BCUT2D eigenvalue weighted by molar-refractivity contribution is 5.75. The van der Waals surface area contributed by atoms with Crippen LogP contribution in [0.3, 0.4) is 0 Å². The maximum absolute atomic E-state index is 12.3. The van der Waals surface area contributed by atoms with Gasteiger partial charge in [0.15, 0.2) is 0 Å². The molecule has 0 unspecified atom stereocenters. The van der Waals surface area contributed by atoms with Gasteiger partial charge in [-0.3, -0.25) is 9.59 Å². The number of aromatic nitrogens is 2. The molecule has 1 aromatic heterocycles. The molecule has 0 bridgehead atoms. The summed E-state index contributed by atoms with van der Waals surface area (Å²) in [4.78, 5) is 24.3. The van der Waals surface area contributed by atoms with Gasteiger partial charge in [-0.25, -0.2) is 4.68 Å². The molecule has 0 fully saturated rings. The van der Waals surface area contributed by atoms with Crippen molar-refractivity contribution < 1.29 is 14.3 Å². The van der Waals surface area contributed by atoms with Gasteiger partial charge in [0, 0.05) is 18.2 Å². The Balaban J connectivity index is 1.68. The number of hydrogen-bond donors (Lipinski definition) is 1. The summed E-state index contributed by atoms with van der Waals surface area (Å²) < 4.78 is 11.5. The van der Waals surface area contributed by atoms with Gasteiger partial charge in [0.2, 0.25) is 5.91 Å². The van der Waals surface area contributed by atoms with Crippen molar-refractivity contribution in [3.63, 3.8) is 0 Å². The van der Waals surface area contributed by atoms with Gasteiger partial charge in [0.1, 0.15) is 18.0 Å². The van der Waals surface area contributed by atoms with Crippen molar-refractivity contribution in [2.75, 3.05) is 14.2 Å². The van der Waals surface area contributed by atoms with E-state index < -0.39 is 0 Å². The van der Waals surface area contributed by atoms with Crippen LogP contribution in [0, 0.1) is 0 Å². The molecule has 0 aliphatic heterocycles. The molecule has 0 spiro atoms. The van der Waals surface area contributed by atoms with Gasteiger partial charge >= 0.3 is 0 Å². The number of nitrogens with zero attached hydrogens (tertiary/aromatic N) is 2. The van der Waals surface area contributed by atoms with E-state index in [1.165, 1.54) is 6.07 Å². The van der Waals surface area contributed by atoms with Crippen LogP contribution in [0.25, 0.3) is 11.3 Å². The number of ether oxygens (including phenoxy) is 2. The van der Waals surface area contributed by atoms with Crippen LogP contribution in [-0.2, 0) is 17.9 Å². The molecule has 1 heterocycles. The Bertz CT molecular complexity index is 1010. The molecule has 3 aromatic rings. The summed E-state index contributed by atoms with van der Waals surface area (Å²) in [6.45, 7) is 0.194. The Morgan fingerprint density at radius 2 is 1.75 bits per heavy atom. The molecule has 0 atom stereocenters. The van der Waals surface area contributed by atoms with Crippen LogP contribution in [0.4, 0.5) is 0 Å². The number of methoxy groups -OCH3 is 2. The van der Waals surface area contributed by atoms with E-state index in [2.05, 4.69) is 10.4 Å². The molecule has 1 N–H and O–H groups in total. The van der Waals surface area contributed by atoms with Crippen LogP contribution in [0.1, 0.15) is 5.56 Å². The number of benzene rings is 2. The molecule has 1 amide bonds. The number of amides is 1. The molecule has 0 aliphatic rings. The average molecular weight is 379 g/mol. The third kappa shape index (κ3) is 4.76. The van der Waals surface area contributed by atoms with Crippen LogP contribution >= 0.6 is 0 Å². The van der Waals surface area contributed by atoms with Crippen molar-refractivity contribution >= 4 is 5.91 Å². The molecule has 3 rings (SSSR count). The number of carbonyl (C=O) groups is 1. The van der Waals surface area contributed by atoms with E-state index in [-0.39, 0.29) is 18.0 Å². The standard InChI is InChI=1S/C21H21N3O4/c1-27-17-8-6-15(7-9-17)13-22-20(25)14-24-21(26)11-10-19(23-24)16-4-3-5-18(12-16)28-2/h3-12H,13-14H2,1-2H3,(H,22,25). The Labute approximate surface area is 162 Å². The third-order valence-electron chi connectivity index (χ3n) is 4.17. The van der Waals surface area contributed by atoms with E-state index in [0.717, 1.165) is 21.6 Å². The summed E-state index contributed by atoms with van der Waals surface area (Å²) in [7, 11) is 3.18. The minimum Gasteiger partial charge on any atom is -0.497 e. The monoisotopic (exact) mass is 379 g/mol. The Hall–Kier alpha value is -3.61. The minimum absolute atomic E-state index is 0.160. The largest absolute Gasteiger partial charge is 0.497 e. The first kappa shape index (κ1) is 19.2. The van der Waals surface area contributed by atoms with Crippen molar-refractivity contribution in [2.24, 2.45) is 0 Å². The van der Waals surface area contributed by atoms with Gasteiger partial charge in [-0.05, 0) is 35.9 Å². The summed E-state index contributed by atoms with van der Waals surface area (Å²) >= 11 is 0.